The molecule has 2 aromatic heterocycles. The first kappa shape index (κ1) is 23.7. The molecule has 0 N–H and O–H groups in total. The number of sulfone groups is 1. The van der Waals surface area contributed by atoms with Crippen LogP contribution in [0.15, 0.2) is 46.4 Å². The molecule has 3 aromatic rings. The van der Waals surface area contributed by atoms with Gasteiger partial charge in [0.15, 0.2) is 9.84 Å². The van der Waals surface area contributed by atoms with E-state index >= 15 is 0 Å². The zero-order chi connectivity index (χ0) is 25.1. The minimum absolute atomic E-state index is 0.0676. The lowest BCUT2D eigenvalue weighted by molar-refractivity contribution is 0.146. The first-order valence-corrected chi connectivity index (χ1v) is 13.1. The SMILES string of the molecule is C[C@@H](Cc1ncnc2c1cc([C@@H]1CC3=CS(=O)(=O)CC3C1)c(=O)n2C)c1cccc(C(F)F)c1F. The van der Waals surface area contributed by atoms with E-state index in [1.807, 2.05) is 0 Å². The number of benzene rings is 1. The third kappa shape index (κ3) is 4.17. The maximum atomic E-state index is 14.7. The Bertz CT molecular complexity index is 1530. The number of allylic oxidation sites excluding steroid dienone is 1. The molecule has 0 radical (unpaired) electrons. The van der Waals surface area contributed by atoms with Crippen LogP contribution in [0.1, 0.15) is 60.4 Å². The van der Waals surface area contributed by atoms with Crippen LogP contribution in [0.25, 0.3) is 11.0 Å². The van der Waals surface area contributed by atoms with Crippen LogP contribution in [0.4, 0.5) is 13.2 Å². The highest BCUT2D eigenvalue weighted by Gasteiger charge is 2.39. The summed E-state index contributed by atoms with van der Waals surface area (Å²) in [6.45, 7) is 1.75. The smallest absolute Gasteiger partial charge is 0.266 e. The monoisotopic (exact) mass is 503 g/mol. The number of hydrogen-bond donors (Lipinski definition) is 0. The summed E-state index contributed by atoms with van der Waals surface area (Å²) in [4.78, 5) is 21.8. The van der Waals surface area contributed by atoms with Gasteiger partial charge in [0, 0.05) is 23.4 Å². The molecule has 3 heterocycles. The standard InChI is InChI=1S/C25H24F3N3O3S/c1-13(17-4-3-5-18(22(17)26)23(27)28)6-21-20-9-19(25(32)31(2)24(20)30-12-29-21)14-7-15-10-35(33,34)11-16(15)8-14/h3-5,9-10,12-14,16,23H,6-8,11H2,1-2H3/t13-,14+,16?/m0/s1. The molecule has 1 saturated carbocycles. The molecule has 1 aliphatic heterocycles. The van der Waals surface area contributed by atoms with Gasteiger partial charge >= 0.3 is 0 Å². The van der Waals surface area contributed by atoms with E-state index in [-0.39, 0.29) is 35.1 Å². The molecular weight excluding hydrogens is 479 g/mol. The lowest BCUT2D eigenvalue weighted by Crippen LogP contribution is -2.24. The molecule has 5 rings (SSSR count). The fourth-order valence-corrected chi connectivity index (χ4v) is 7.22. The zero-order valence-electron chi connectivity index (χ0n) is 19.2. The van der Waals surface area contributed by atoms with Crippen LogP contribution in [0.2, 0.25) is 0 Å². The van der Waals surface area contributed by atoms with E-state index in [1.54, 1.807) is 20.0 Å². The number of hydrogen-bond acceptors (Lipinski definition) is 5. The minimum atomic E-state index is -3.17. The summed E-state index contributed by atoms with van der Waals surface area (Å²) in [5.41, 5.74) is 1.80. The Kier molecular flexibility index (Phi) is 5.82. The van der Waals surface area contributed by atoms with Crippen LogP contribution < -0.4 is 5.56 Å². The average molecular weight is 504 g/mol. The van der Waals surface area contributed by atoms with Crippen LogP contribution in [-0.4, -0.2) is 28.7 Å². The molecule has 0 spiro atoms. The summed E-state index contributed by atoms with van der Waals surface area (Å²) in [6.07, 6.45) is -0.218. The molecule has 1 fully saturated rings. The third-order valence-electron chi connectivity index (χ3n) is 7.22. The van der Waals surface area contributed by atoms with Gasteiger partial charge in [0.25, 0.3) is 12.0 Å². The number of pyridine rings is 1. The molecule has 184 valence electrons. The fraction of sp³-hybridized carbons (Fsp3) is 0.400. The zero-order valence-corrected chi connectivity index (χ0v) is 20.0. The van der Waals surface area contributed by atoms with Crippen LogP contribution in [-0.2, 0) is 23.3 Å². The Hall–Kier alpha value is -3.01. The fourth-order valence-electron chi connectivity index (χ4n) is 5.46. The minimum Gasteiger partial charge on any atom is -0.295 e. The van der Waals surface area contributed by atoms with Gasteiger partial charge in [-0.25, -0.2) is 31.6 Å². The van der Waals surface area contributed by atoms with E-state index in [9.17, 15) is 26.4 Å². The van der Waals surface area contributed by atoms with Crippen molar-refractivity contribution >= 4 is 20.9 Å². The quantitative estimate of drug-likeness (QED) is 0.510. The second-order valence-electron chi connectivity index (χ2n) is 9.53. The number of aryl methyl sites for hydroxylation is 1. The van der Waals surface area contributed by atoms with E-state index < -0.39 is 33.6 Å². The highest BCUT2D eigenvalue weighted by atomic mass is 32.2. The van der Waals surface area contributed by atoms with E-state index in [4.69, 9.17) is 0 Å². The lowest BCUT2D eigenvalue weighted by atomic mass is 9.92. The number of alkyl halides is 2. The Morgan fingerprint density at radius 1 is 1.17 bits per heavy atom. The van der Waals surface area contributed by atoms with Gasteiger partial charge < -0.3 is 0 Å². The number of rotatable bonds is 5. The molecule has 1 unspecified atom stereocenters. The normalized spacial score (nSPS) is 21.9. The van der Waals surface area contributed by atoms with Crippen molar-refractivity contribution in [3.63, 3.8) is 0 Å². The maximum Gasteiger partial charge on any atom is 0.266 e. The first-order valence-electron chi connectivity index (χ1n) is 11.4. The van der Waals surface area contributed by atoms with E-state index in [1.165, 1.54) is 28.4 Å². The third-order valence-corrected chi connectivity index (χ3v) is 8.75. The highest BCUT2D eigenvalue weighted by Crippen LogP contribution is 2.45. The molecule has 35 heavy (non-hydrogen) atoms. The summed E-state index contributed by atoms with van der Waals surface area (Å²) in [5.74, 6) is -1.46. The summed E-state index contributed by atoms with van der Waals surface area (Å²) in [5, 5.41) is 1.99. The second kappa shape index (κ2) is 8.58. The van der Waals surface area contributed by atoms with Crippen molar-refractivity contribution in [1.29, 1.82) is 0 Å². The van der Waals surface area contributed by atoms with Crippen molar-refractivity contribution in [3.8, 4) is 0 Å². The molecule has 0 amide bonds. The van der Waals surface area contributed by atoms with Gasteiger partial charge in [-0.15, -0.1) is 0 Å². The van der Waals surface area contributed by atoms with Crippen LogP contribution in [0.3, 0.4) is 0 Å². The Morgan fingerprint density at radius 3 is 2.63 bits per heavy atom. The number of aromatic nitrogens is 3. The molecule has 1 aromatic carbocycles. The van der Waals surface area contributed by atoms with Gasteiger partial charge in [-0.05, 0) is 48.6 Å². The number of fused-ring (bicyclic) bond motifs is 2. The van der Waals surface area contributed by atoms with Crippen molar-refractivity contribution in [2.75, 3.05) is 5.75 Å². The largest absolute Gasteiger partial charge is 0.295 e. The molecule has 0 bridgehead atoms. The van der Waals surface area contributed by atoms with E-state index in [0.29, 0.717) is 35.1 Å². The van der Waals surface area contributed by atoms with E-state index in [2.05, 4.69) is 9.97 Å². The molecule has 0 saturated heterocycles. The summed E-state index contributed by atoms with van der Waals surface area (Å²) in [6, 6.07) is 5.76. The molecule has 6 nitrogen and oxygen atoms in total. The molecule has 1 aliphatic carbocycles. The van der Waals surface area contributed by atoms with Gasteiger partial charge in [-0.3, -0.25) is 9.36 Å². The number of nitrogens with zero attached hydrogens (tertiary/aromatic N) is 3. The molecule has 3 atom stereocenters. The van der Waals surface area contributed by atoms with E-state index in [0.717, 1.165) is 11.6 Å². The predicted molar refractivity (Wildman–Crippen MR) is 126 cm³/mol. The van der Waals surface area contributed by atoms with Crippen molar-refractivity contribution in [1.82, 2.24) is 14.5 Å². The van der Waals surface area contributed by atoms with Gasteiger partial charge in [-0.2, -0.15) is 0 Å². The van der Waals surface area contributed by atoms with Crippen LogP contribution in [0.5, 0.6) is 0 Å². The van der Waals surface area contributed by atoms with Gasteiger partial charge in [0.2, 0.25) is 0 Å². The van der Waals surface area contributed by atoms with Crippen molar-refractivity contribution in [2.24, 2.45) is 13.0 Å². The topological polar surface area (TPSA) is 81.9 Å². The molecular formula is C25H24F3N3O3S. The summed E-state index contributed by atoms with van der Waals surface area (Å²) in [7, 11) is -1.54. The van der Waals surface area contributed by atoms with Crippen molar-refractivity contribution in [2.45, 2.75) is 44.4 Å². The molecule has 10 heteroatoms. The van der Waals surface area contributed by atoms with Crippen LogP contribution in [0, 0.1) is 11.7 Å². The van der Waals surface area contributed by atoms with Crippen molar-refractivity contribution < 1.29 is 21.6 Å². The summed E-state index contributed by atoms with van der Waals surface area (Å²) >= 11 is 0. The number of halogens is 3. The van der Waals surface area contributed by atoms with Gasteiger partial charge in [0.1, 0.15) is 17.8 Å². The average Bonchev–Trinajstić information content (AvgIpc) is 3.29. The van der Waals surface area contributed by atoms with Gasteiger partial charge in [0.05, 0.1) is 17.0 Å². The Labute approximate surface area is 200 Å². The maximum absolute atomic E-state index is 14.7. The first-order chi connectivity index (χ1) is 16.6. The Balaban J connectivity index is 1.53. The van der Waals surface area contributed by atoms with Crippen LogP contribution >= 0.6 is 0 Å². The Morgan fingerprint density at radius 2 is 1.91 bits per heavy atom. The molecule has 2 aliphatic rings. The van der Waals surface area contributed by atoms with Crippen molar-refractivity contribution in [3.05, 3.63) is 80.1 Å². The predicted octanol–water partition coefficient (Wildman–Crippen LogP) is 4.56. The second-order valence-corrected chi connectivity index (χ2v) is 11.4. The van der Waals surface area contributed by atoms with Gasteiger partial charge in [-0.1, -0.05) is 30.7 Å². The highest BCUT2D eigenvalue weighted by molar-refractivity contribution is 7.94. The lowest BCUT2D eigenvalue weighted by Gasteiger charge is -2.17. The summed E-state index contributed by atoms with van der Waals surface area (Å²) < 4.78 is 66.4.